The Morgan fingerprint density at radius 2 is 1.72 bits per heavy atom. The molecule has 1 aliphatic heterocycles. The van der Waals surface area contributed by atoms with E-state index >= 15 is 0 Å². The molecule has 0 bridgehead atoms. The summed E-state index contributed by atoms with van der Waals surface area (Å²) in [5, 5.41) is 0. The molecule has 0 radical (unpaired) electrons. The molecular weight excluding hydrogens is 402 g/mol. The molecule has 6 heteroatoms. The molecule has 2 N–H and O–H groups in total. The van der Waals surface area contributed by atoms with Gasteiger partial charge in [0.25, 0.3) is 0 Å². The van der Waals surface area contributed by atoms with Crippen LogP contribution in [0.2, 0.25) is 0 Å². The second kappa shape index (κ2) is 9.22. The number of carbonyl (C=O) groups is 2. The van der Waals surface area contributed by atoms with Crippen molar-refractivity contribution in [1.82, 2.24) is 9.88 Å². The van der Waals surface area contributed by atoms with Crippen LogP contribution in [0, 0.1) is 0 Å². The molecule has 1 saturated heterocycles. The average molecular weight is 430 g/mol. The van der Waals surface area contributed by atoms with Gasteiger partial charge in [-0.05, 0) is 41.3 Å². The van der Waals surface area contributed by atoms with E-state index in [0.29, 0.717) is 19.4 Å². The molecule has 32 heavy (non-hydrogen) atoms. The topological polar surface area (TPSA) is 85.5 Å². The maximum atomic E-state index is 13.1. The Morgan fingerprint density at radius 1 is 1.06 bits per heavy atom. The van der Waals surface area contributed by atoms with Crippen LogP contribution in [0.4, 0.5) is 4.79 Å². The Morgan fingerprint density at radius 3 is 2.34 bits per heavy atom. The van der Waals surface area contributed by atoms with Gasteiger partial charge >= 0.3 is 6.09 Å². The monoisotopic (exact) mass is 429 g/mol. The predicted octanol–water partition coefficient (Wildman–Crippen LogP) is 4.81. The predicted molar refractivity (Wildman–Crippen MR) is 122 cm³/mol. The molecule has 1 aliphatic rings. The lowest BCUT2D eigenvalue weighted by atomic mass is 9.84. The highest BCUT2D eigenvalue weighted by Crippen LogP contribution is 2.40. The van der Waals surface area contributed by atoms with Crippen molar-refractivity contribution in [3.05, 3.63) is 90.3 Å². The fourth-order valence-electron chi connectivity index (χ4n) is 4.29. The zero-order chi connectivity index (χ0) is 22.6. The molecule has 4 rings (SSSR count). The fraction of sp³-hybridized carbons (Fsp3) is 0.269. The maximum absolute atomic E-state index is 13.1. The molecule has 0 unspecified atom stereocenters. The van der Waals surface area contributed by atoms with E-state index in [2.05, 4.69) is 17.1 Å². The van der Waals surface area contributed by atoms with Crippen molar-refractivity contribution >= 4 is 12.0 Å². The lowest BCUT2D eigenvalue weighted by molar-refractivity contribution is -0.121. The van der Waals surface area contributed by atoms with E-state index in [-0.39, 0.29) is 18.6 Å². The quantitative estimate of drug-likeness (QED) is 0.584. The largest absolute Gasteiger partial charge is 0.438 e. The molecule has 3 aromatic rings. The second-order valence-corrected chi connectivity index (χ2v) is 8.17. The van der Waals surface area contributed by atoms with Gasteiger partial charge in [0.1, 0.15) is 5.60 Å². The second-order valence-electron chi connectivity index (χ2n) is 8.17. The van der Waals surface area contributed by atoms with E-state index in [0.717, 1.165) is 22.3 Å². The lowest BCUT2D eigenvalue weighted by Gasteiger charge is -2.43. The number of ether oxygens (including phenoxy) is 1. The van der Waals surface area contributed by atoms with E-state index in [9.17, 15) is 9.59 Å². The van der Waals surface area contributed by atoms with Gasteiger partial charge in [-0.1, -0.05) is 54.6 Å². The molecule has 0 saturated carbocycles. The van der Waals surface area contributed by atoms with E-state index in [4.69, 9.17) is 10.5 Å². The van der Waals surface area contributed by atoms with Crippen LogP contribution in [0.15, 0.2) is 79.1 Å². The molecule has 0 aliphatic carbocycles. The number of rotatable bonds is 7. The fourth-order valence-corrected chi connectivity index (χ4v) is 4.29. The molecule has 2 amide bonds. The van der Waals surface area contributed by atoms with Crippen molar-refractivity contribution in [3.63, 3.8) is 0 Å². The molecule has 164 valence electrons. The van der Waals surface area contributed by atoms with Gasteiger partial charge in [-0.2, -0.15) is 0 Å². The minimum absolute atomic E-state index is 0.140. The number of hydrogen-bond acceptors (Lipinski definition) is 4. The number of cyclic esters (lactones) is 1. The van der Waals surface area contributed by atoms with Crippen LogP contribution in [-0.4, -0.2) is 28.4 Å². The van der Waals surface area contributed by atoms with Gasteiger partial charge < -0.3 is 15.4 Å². The first-order valence-corrected chi connectivity index (χ1v) is 10.8. The molecule has 2 atom stereocenters. The summed E-state index contributed by atoms with van der Waals surface area (Å²) in [6, 6.07) is 21.6. The summed E-state index contributed by atoms with van der Waals surface area (Å²) in [6.07, 6.45) is 4.29. The van der Waals surface area contributed by atoms with Gasteiger partial charge in [-0.3, -0.25) is 9.78 Å². The zero-order valence-corrected chi connectivity index (χ0v) is 18.1. The summed E-state index contributed by atoms with van der Waals surface area (Å²) in [4.78, 5) is 30.4. The minimum Gasteiger partial charge on any atom is -0.438 e. The third-order valence-electron chi connectivity index (χ3n) is 6.22. The summed E-state index contributed by atoms with van der Waals surface area (Å²) in [5.74, 6) is -0.401. The number of benzene rings is 2. The first-order valence-electron chi connectivity index (χ1n) is 10.8. The average Bonchev–Trinajstić information content (AvgIpc) is 2.83. The van der Waals surface area contributed by atoms with E-state index < -0.39 is 11.5 Å². The Hall–Kier alpha value is -3.67. The summed E-state index contributed by atoms with van der Waals surface area (Å²) in [7, 11) is 0. The SMILES string of the molecule is C[C@@H](c1ccc(-c2ccncc2)cc1)N1CC[C@@](CCC(N)=O)(c2ccccc2)OC1=O. The highest BCUT2D eigenvalue weighted by Gasteiger charge is 2.43. The van der Waals surface area contributed by atoms with Crippen LogP contribution in [0.5, 0.6) is 0 Å². The highest BCUT2D eigenvalue weighted by molar-refractivity contribution is 5.74. The summed E-state index contributed by atoms with van der Waals surface area (Å²) >= 11 is 0. The first kappa shape index (κ1) is 21.6. The molecular formula is C26H27N3O3. The Labute approximate surface area is 188 Å². The standard InChI is InChI=1S/C26H27N3O3/c1-19(20-7-9-21(10-8-20)22-12-16-28-17-13-22)29-18-15-26(32-25(29)31,14-11-24(27)30)23-5-3-2-4-6-23/h2-10,12-13,16-17,19H,11,14-15,18H2,1H3,(H2,27,30)/t19-,26-/m0/s1. The number of aromatic nitrogens is 1. The van der Waals surface area contributed by atoms with Gasteiger partial charge in [-0.25, -0.2) is 4.79 Å². The van der Waals surface area contributed by atoms with Crippen LogP contribution in [0.25, 0.3) is 11.1 Å². The van der Waals surface area contributed by atoms with Crippen molar-refractivity contribution in [2.45, 2.75) is 37.8 Å². The van der Waals surface area contributed by atoms with Gasteiger partial charge in [0, 0.05) is 38.2 Å². The molecule has 6 nitrogen and oxygen atoms in total. The van der Waals surface area contributed by atoms with Crippen molar-refractivity contribution in [2.75, 3.05) is 6.54 Å². The summed E-state index contributed by atoms with van der Waals surface area (Å²) < 4.78 is 6.03. The van der Waals surface area contributed by atoms with Gasteiger partial charge in [0.05, 0.1) is 6.04 Å². The number of nitrogens with two attached hydrogens (primary N) is 1. The number of amides is 2. The third-order valence-corrected chi connectivity index (χ3v) is 6.22. The number of primary amides is 1. The van der Waals surface area contributed by atoms with Crippen LogP contribution < -0.4 is 5.73 Å². The first-order chi connectivity index (χ1) is 15.5. The van der Waals surface area contributed by atoms with Gasteiger partial charge in [-0.15, -0.1) is 0 Å². The minimum atomic E-state index is -0.838. The van der Waals surface area contributed by atoms with E-state index in [1.807, 2.05) is 61.5 Å². The van der Waals surface area contributed by atoms with Crippen LogP contribution in [0.1, 0.15) is 43.4 Å². The number of carbonyl (C=O) groups excluding carboxylic acids is 2. The number of pyridine rings is 1. The van der Waals surface area contributed by atoms with Crippen LogP contribution in [0.3, 0.4) is 0 Å². The normalized spacial score (nSPS) is 19.3. The molecule has 2 aromatic carbocycles. The van der Waals surface area contributed by atoms with Crippen molar-refractivity contribution in [3.8, 4) is 11.1 Å². The van der Waals surface area contributed by atoms with Crippen molar-refractivity contribution in [2.24, 2.45) is 5.73 Å². The summed E-state index contributed by atoms with van der Waals surface area (Å²) in [6.45, 7) is 2.53. The van der Waals surface area contributed by atoms with E-state index in [1.165, 1.54) is 0 Å². The number of hydrogen-bond donors (Lipinski definition) is 1. The lowest BCUT2D eigenvalue weighted by Crippen LogP contribution is -2.49. The van der Waals surface area contributed by atoms with Gasteiger partial charge in [0.2, 0.25) is 5.91 Å². The Balaban J connectivity index is 1.51. The molecule has 2 heterocycles. The summed E-state index contributed by atoms with van der Waals surface area (Å²) in [5.41, 5.74) is 8.67. The van der Waals surface area contributed by atoms with Crippen molar-refractivity contribution in [1.29, 1.82) is 0 Å². The van der Waals surface area contributed by atoms with E-state index in [1.54, 1.807) is 17.3 Å². The van der Waals surface area contributed by atoms with Crippen LogP contribution >= 0.6 is 0 Å². The Kier molecular flexibility index (Phi) is 6.21. The molecule has 1 fully saturated rings. The Bertz CT molecular complexity index is 1070. The maximum Gasteiger partial charge on any atom is 0.411 e. The zero-order valence-electron chi connectivity index (χ0n) is 18.1. The number of nitrogens with zero attached hydrogens (tertiary/aromatic N) is 2. The third kappa shape index (κ3) is 4.49. The van der Waals surface area contributed by atoms with Gasteiger partial charge in [0.15, 0.2) is 0 Å². The molecule has 1 aromatic heterocycles. The smallest absolute Gasteiger partial charge is 0.411 e. The van der Waals surface area contributed by atoms with Crippen molar-refractivity contribution < 1.29 is 14.3 Å². The highest BCUT2D eigenvalue weighted by atomic mass is 16.6. The van der Waals surface area contributed by atoms with Crippen LogP contribution in [-0.2, 0) is 15.1 Å². The molecule has 0 spiro atoms.